The van der Waals surface area contributed by atoms with E-state index in [-0.39, 0.29) is 25.7 Å². The van der Waals surface area contributed by atoms with Gasteiger partial charge in [0.1, 0.15) is 19.3 Å². The summed E-state index contributed by atoms with van der Waals surface area (Å²) >= 11 is 0. The van der Waals surface area contributed by atoms with E-state index in [2.05, 4.69) is 55.4 Å². The number of hydrogen-bond acceptors (Lipinski definition) is 15. The fourth-order valence-corrected chi connectivity index (χ4v) is 11.1. The van der Waals surface area contributed by atoms with E-state index in [4.69, 9.17) is 37.0 Å². The lowest BCUT2D eigenvalue weighted by Crippen LogP contribution is -2.30. The van der Waals surface area contributed by atoms with Crippen molar-refractivity contribution in [3.63, 3.8) is 0 Å². The van der Waals surface area contributed by atoms with E-state index in [9.17, 15) is 43.2 Å². The fourth-order valence-electron chi connectivity index (χ4n) is 9.54. The van der Waals surface area contributed by atoms with Gasteiger partial charge in [-0.3, -0.25) is 37.3 Å². The molecule has 3 N–H and O–H groups in total. The first-order valence-corrected chi connectivity index (χ1v) is 36.8. The number of carbonyl (C=O) groups is 4. The van der Waals surface area contributed by atoms with Crippen LogP contribution in [0.15, 0.2) is 0 Å². The number of hydrogen-bond donors (Lipinski definition) is 3. The Morgan fingerprint density at radius 1 is 0.333 bits per heavy atom. The predicted molar refractivity (Wildman–Crippen MR) is 335 cm³/mol. The van der Waals surface area contributed by atoms with Gasteiger partial charge in [0.2, 0.25) is 0 Å². The van der Waals surface area contributed by atoms with Crippen LogP contribution in [0.1, 0.15) is 312 Å². The lowest BCUT2D eigenvalue weighted by molar-refractivity contribution is -0.161. The van der Waals surface area contributed by atoms with E-state index >= 15 is 0 Å². The molecule has 4 unspecified atom stereocenters. The van der Waals surface area contributed by atoms with E-state index in [0.717, 1.165) is 120 Å². The number of phosphoric ester groups is 2. The Morgan fingerprint density at radius 2 is 0.571 bits per heavy atom. The maximum atomic E-state index is 13.0. The minimum atomic E-state index is -4.95. The number of aliphatic hydroxyl groups is 1. The maximum absolute atomic E-state index is 13.0. The van der Waals surface area contributed by atoms with Gasteiger partial charge in [0.05, 0.1) is 26.4 Å². The fraction of sp³-hybridized carbons (Fsp3) is 0.938. The molecule has 0 radical (unpaired) electrons. The molecule has 0 aromatic heterocycles. The van der Waals surface area contributed by atoms with Crippen LogP contribution >= 0.6 is 15.6 Å². The highest BCUT2D eigenvalue weighted by Gasteiger charge is 2.30. The summed E-state index contributed by atoms with van der Waals surface area (Å²) in [6.07, 6.45) is 34.9. The van der Waals surface area contributed by atoms with Crippen molar-refractivity contribution in [2.75, 3.05) is 39.6 Å². The molecule has 0 fully saturated rings. The summed E-state index contributed by atoms with van der Waals surface area (Å²) in [5, 5.41) is 10.5. The van der Waals surface area contributed by atoms with Crippen LogP contribution in [-0.2, 0) is 65.4 Å². The summed E-state index contributed by atoms with van der Waals surface area (Å²) in [5.74, 6) is 0.791. The largest absolute Gasteiger partial charge is 0.472 e. The molecular weight excluding hydrogens is 1110 g/mol. The lowest BCUT2D eigenvalue weighted by atomic mass is 9.99. The number of aliphatic hydroxyl groups excluding tert-OH is 1. The zero-order chi connectivity index (χ0) is 62.5. The third-order valence-electron chi connectivity index (χ3n) is 15.5. The molecule has 7 atom stereocenters. The second kappa shape index (κ2) is 55.2. The average Bonchev–Trinajstić information content (AvgIpc) is 3.45. The topological polar surface area (TPSA) is 237 Å². The first kappa shape index (κ1) is 82.1. The van der Waals surface area contributed by atoms with Crippen molar-refractivity contribution in [1.82, 2.24) is 0 Å². The normalized spacial score (nSPS) is 15.1. The smallest absolute Gasteiger partial charge is 0.462 e. The minimum absolute atomic E-state index is 0.103. The maximum Gasteiger partial charge on any atom is 0.472 e. The first-order chi connectivity index (χ1) is 40.2. The first-order valence-electron chi connectivity index (χ1n) is 33.8. The molecule has 0 amide bonds. The third-order valence-corrected chi connectivity index (χ3v) is 17.4. The van der Waals surface area contributed by atoms with Gasteiger partial charge in [-0.2, -0.15) is 0 Å². The molecule has 84 heavy (non-hydrogen) atoms. The number of ether oxygens (including phenoxy) is 4. The van der Waals surface area contributed by atoms with Crippen LogP contribution in [0.25, 0.3) is 0 Å². The van der Waals surface area contributed by atoms with Crippen LogP contribution < -0.4 is 0 Å². The molecule has 0 aliphatic carbocycles. The molecule has 0 aromatic rings. The Labute approximate surface area is 511 Å². The zero-order valence-electron chi connectivity index (χ0n) is 54.5. The monoisotopic (exact) mass is 1240 g/mol. The van der Waals surface area contributed by atoms with Gasteiger partial charge in [0.25, 0.3) is 0 Å². The summed E-state index contributed by atoms with van der Waals surface area (Å²) in [6, 6.07) is 0. The molecule has 19 heteroatoms. The van der Waals surface area contributed by atoms with Gasteiger partial charge in [-0.25, -0.2) is 9.13 Å². The number of esters is 4. The highest BCUT2D eigenvalue weighted by molar-refractivity contribution is 7.47. The summed E-state index contributed by atoms with van der Waals surface area (Å²) in [6.45, 7) is 14.0. The Balaban J connectivity index is 5.26. The SMILES string of the molecule is CCC(C)CCCCCCCCCCC(=O)O[C@H](COC(=O)CCCCCCCCC(C)C)COP(=O)(O)OC[C@@H](O)COP(=O)(O)OC[C@@H](COC(=O)CCCCCCCCC(C)CC)OC(=O)CCCCCCCCCCCCC(C)C. The molecule has 0 aromatic carbocycles. The van der Waals surface area contributed by atoms with Crippen molar-refractivity contribution < 1.29 is 80.2 Å². The van der Waals surface area contributed by atoms with Gasteiger partial charge < -0.3 is 33.8 Å². The van der Waals surface area contributed by atoms with Gasteiger partial charge in [0, 0.05) is 25.7 Å². The van der Waals surface area contributed by atoms with Crippen LogP contribution in [0.3, 0.4) is 0 Å². The standard InChI is InChI=1S/C65H126O17P2/c1-9-57(7)43-35-27-18-15-16-20-32-40-48-65(70)82-60(51-75-62(67)45-37-29-23-21-26-34-42-56(5)6)53-79-83(71,72)77-49-59(66)50-78-84(73,74)80-54-61(52-76-63(68)46-38-30-24-22-28-36-44-58(8)10-2)81-64(69)47-39-31-19-14-12-11-13-17-25-33-41-55(3)4/h55-61,66H,9-54H2,1-8H3,(H,71,72)(H,73,74)/t57?,58?,59-,60-,61-/m1/s1. The van der Waals surface area contributed by atoms with Crippen LogP contribution in [-0.4, -0.2) is 96.7 Å². The highest BCUT2D eigenvalue weighted by Crippen LogP contribution is 2.45. The summed E-state index contributed by atoms with van der Waals surface area (Å²) in [5.41, 5.74) is 0. The Kier molecular flexibility index (Phi) is 53.9. The van der Waals surface area contributed by atoms with E-state index in [1.807, 2.05) is 0 Å². The number of unbranched alkanes of at least 4 members (excludes halogenated alkanes) is 26. The van der Waals surface area contributed by atoms with Crippen molar-refractivity contribution in [2.24, 2.45) is 23.7 Å². The molecule has 0 saturated heterocycles. The third kappa shape index (κ3) is 56.6. The Hall–Kier alpha value is -1.94. The van der Waals surface area contributed by atoms with Crippen molar-refractivity contribution in [1.29, 1.82) is 0 Å². The molecule has 0 bridgehead atoms. The molecular formula is C65H126O17P2. The number of rotatable bonds is 62. The van der Waals surface area contributed by atoms with Gasteiger partial charge in [-0.15, -0.1) is 0 Å². The summed E-state index contributed by atoms with van der Waals surface area (Å²) < 4.78 is 68.0. The van der Waals surface area contributed by atoms with Crippen molar-refractivity contribution in [3.8, 4) is 0 Å². The summed E-state index contributed by atoms with van der Waals surface area (Å²) in [7, 11) is -9.89. The quantitative estimate of drug-likeness (QED) is 0.0222. The number of carbonyl (C=O) groups excluding carboxylic acids is 4. The average molecular weight is 1240 g/mol. The van der Waals surface area contributed by atoms with E-state index < -0.39 is 97.5 Å². The molecule has 0 spiro atoms. The molecule has 0 aliphatic rings. The molecule has 0 rings (SSSR count). The van der Waals surface area contributed by atoms with Crippen molar-refractivity contribution in [2.45, 2.75) is 331 Å². The van der Waals surface area contributed by atoms with Crippen LogP contribution in [0.5, 0.6) is 0 Å². The van der Waals surface area contributed by atoms with E-state index in [1.165, 1.54) is 103 Å². The van der Waals surface area contributed by atoms with E-state index in [0.29, 0.717) is 31.6 Å². The van der Waals surface area contributed by atoms with Gasteiger partial charge in [-0.1, -0.05) is 261 Å². The van der Waals surface area contributed by atoms with Crippen molar-refractivity contribution >= 4 is 39.5 Å². The van der Waals surface area contributed by atoms with Crippen LogP contribution in [0.4, 0.5) is 0 Å². The molecule has 17 nitrogen and oxygen atoms in total. The van der Waals surface area contributed by atoms with Gasteiger partial charge >= 0.3 is 39.5 Å². The molecule has 0 saturated carbocycles. The number of phosphoric acid groups is 2. The van der Waals surface area contributed by atoms with Crippen molar-refractivity contribution in [3.05, 3.63) is 0 Å². The Bertz CT molecular complexity index is 1680. The Morgan fingerprint density at radius 3 is 0.845 bits per heavy atom. The second-order valence-corrected chi connectivity index (χ2v) is 27.8. The van der Waals surface area contributed by atoms with E-state index in [1.54, 1.807) is 0 Å². The van der Waals surface area contributed by atoms with Gasteiger partial charge in [-0.05, 0) is 49.4 Å². The predicted octanol–water partition coefficient (Wildman–Crippen LogP) is 17.8. The van der Waals surface area contributed by atoms with Crippen LogP contribution in [0, 0.1) is 23.7 Å². The lowest BCUT2D eigenvalue weighted by Gasteiger charge is -2.21. The zero-order valence-corrected chi connectivity index (χ0v) is 56.3. The second-order valence-electron chi connectivity index (χ2n) is 24.9. The minimum Gasteiger partial charge on any atom is -0.462 e. The molecule has 498 valence electrons. The highest BCUT2D eigenvalue weighted by atomic mass is 31.2. The van der Waals surface area contributed by atoms with Crippen LogP contribution in [0.2, 0.25) is 0 Å². The summed E-state index contributed by atoms with van der Waals surface area (Å²) in [4.78, 5) is 72.3. The molecule has 0 aliphatic heterocycles. The molecule has 0 heterocycles. The van der Waals surface area contributed by atoms with Gasteiger partial charge in [0.15, 0.2) is 12.2 Å².